The van der Waals surface area contributed by atoms with Crippen LogP contribution in [0.15, 0.2) is 60.7 Å². The topological polar surface area (TPSA) is 74.2 Å². The smallest absolute Gasteiger partial charge is 0.311 e. The Hall–Kier alpha value is -2.25. The van der Waals surface area contributed by atoms with Gasteiger partial charge >= 0.3 is 5.97 Å². The highest BCUT2D eigenvalue weighted by molar-refractivity contribution is 5.70. The van der Waals surface area contributed by atoms with Crippen LogP contribution >= 0.6 is 0 Å². The number of ether oxygens (including phenoxy) is 4. The van der Waals surface area contributed by atoms with Crippen LogP contribution in [-0.2, 0) is 37.0 Å². The molecular weight excluding hydrogens is 372 g/mol. The quantitative estimate of drug-likeness (QED) is 0.618. The Bertz CT molecular complexity index is 750. The van der Waals surface area contributed by atoms with E-state index in [-0.39, 0.29) is 26.1 Å². The summed E-state index contributed by atoms with van der Waals surface area (Å²) < 4.78 is 22.6. The van der Waals surface area contributed by atoms with E-state index in [1.165, 1.54) is 0 Å². The monoisotopic (exact) mass is 400 g/mol. The van der Waals surface area contributed by atoms with Gasteiger partial charge in [-0.15, -0.1) is 0 Å². The number of rotatable bonds is 10. The van der Waals surface area contributed by atoms with E-state index in [1.54, 1.807) is 6.92 Å². The van der Waals surface area contributed by atoms with Crippen LogP contribution in [0.5, 0.6) is 0 Å². The molecule has 0 aromatic heterocycles. The molecule has 1 N–H and O–H groups in total. The zero-order chi connectivity index (χ0) is 20.5. The first-order valence-electron chi connectivity index (χ1n) is 9.91. The third-order valence-electron chi connectivity index (χ3n) is 4.73. The van der Waals surface area contributed by atoms with Crippen molar-refractivity contribution in [3.63, 3.8) is 0 Å². The fourth-order valence-corrected chi connectivity index (χ4v) is 3.36. The van der Waals surface area contributed by atoms with Crippen molar-refractivity contribution < 1.29 is 28.8 Å². The van der Waals surface area contributed by atoms with Crippen molar-refractivity contribution >= 4 is 5.97 Å². The van der Waals surface area contributed by atoms with Crippen LogP contribution in [0.25, 0.3) is 0 Å². The molecule has 0 bridgehead atoms. The molecule has 1 aliphatic heterocycles. The standard InChI is InChI=1S/C23H28O6/c1-2-27-22(24)14-23(25)13-20(28-16-19-11-7-4-8-12-19)21(29-23)17-26-15-18-9-5-3-6-10-18/h3-12,20-21,25H,2,13-17H2,1H3/t20-,21+,23-/m0/s1. The minimum Gasteiger partial charge on any atom is -0.466 e. The zero-order valence-electron chi connectivity index (χ0n) is 16.7. The lowest BCUT2D eigenvalue weighted by molar-refractivity contribution is -0.212. The molecule has 1 heterocycles. The normalized spacial score (nSPS) is 23.8. The van der Waals surface area contributed by atoms with E-state index >= 15 is 0 Å². The van der Waals surface area contributed by atoms with Gasteiger partial charge < -0.3 is 24.1 Å². The Kier molecular flexibility index (Phi) is 7.77. The number of hydrogen-bond donors (Lipinski definition) is 1. The maximum atomic E-state index is 11.9. The Labute approximate surface area is 171 Å². The predicted molar refractivity (Wildman–Crippen MR) is 107 cm³/mol. The second-order valence-corrected chi connectivity index (χ2v) is 7.12. The van der Waals surface area contributed by atoms with Crippen molar-refractivity contribution in [1.82, 2.24) is 0 Å². The van der Waals surface area contributed by atoms with Crippen LogP contribution < -0.4 is 0 Å². The maximum Gasteiger partial charge on any atom is 0.311 e. The second-order valence-electron chi connectivity index (χ2n) is 7.12. The van der Waals surface area contributed by atoms with Crippen molar-refractivity contribution in [2.75, 3.05) is 13.2 Å². The van der Waals surface area contributed by atoms with Gasteiger partial charge in [0.1, 0.15) is 6.10 Å². The van der Waals surface area contributed by atoms with Gasteiger partial charge in [-0.05, 0) is 18.1 Å². The van der Waals surface area contributed by atoms with Crippen LogP contribution in [0.2, 0.25) is 0 Å². The van der Waals surface area contributed by atoms with E-state index in [9.17, 15) is 9.90 Å². The van der Waals surface area contributed by atoms with E-state index < -0.39 is 24.0 Å². The van der Waals surface area contributed by atoms with Crippen molar-refractivity contribution in [2.45, 2.75) is 51.0 Å². The van der Waals surface area contributed by atoms with Gasteiger partial charge in [0.15, 0.2) is 5.79 Å². The van der Waals surface area contributed by atoms with Gasteiger partial charge in [-0.25, -0.2) is 0 Å². The summed E-state index contributed by atoms with van der Waals surface area (Å²) in [7, 11) is 0. The SMILES string of the molecule is CCOC(=O)C[C@]1(O)C[C@H](OCc2ccccc2)[C@@H](COCc2ccccc2)O1. The minimum atomic E-state index is -1.62. The second kappa shape index (κ2) is 10.5. The Morgan fingerprint density at radius 1 is 1.07 bits per heavy atom. The van der Waals surface area contributed by atoms with Crippen LogP contribution in [0, 0.1) is 0 Å². The van der Waals surface area contributed by atoms with E-state index in [1.807, 2.05) is 60.7 Å². The molecule has 2 aromatic carbocycles. The molecule has 1 fully saturated rings. The molecule has 0 saturated carbocycles. The largest absolute Gasteiger partial charge is 0.466 e. The molecular formula is C23H28O6. The summed E-state index contributed by atoms with van der Waals surface area (Å²) in [5.41, 5.74) is 2.08. The molecule has 0 aliphatic carbocycles. The van der Waals surface area contributed by atoms with E-state index in [0.29, 0.717) is 13.2 Å². The summed E-state index contributed by atoms with van der Waals surface area (Å²) in [6.07, 6.45) is -0.938. The Morgan fingerprint density at radius 2 is 1.69 bits per heavy atom. The molecule has 2 aromatic rings. The van der Waals surface area contributed by atoms with Crippen molar-refractivity contribution in [2.24, 2.45) is 0 Å². The highest BCUT2D eigenvalue weighted by Crippen LogP contribution is 2.34. The van der Waals surface area contributed by atoms with Crippen LogP contribution in [0.3, 0.4) is 0 Å². The van der Waals surface area contributed by atoms with Gasteiger partial charge in [-0.1, -0.05) is 60.7 Å². The van der Waals surface area contributed by atoms with Gasteiger partial charge in [-0.3, -0.25) is 4.79 Å². The zero-order valence-corrected chi connectivity index (χ0v) is 16.7. The maximum absolute atomic E-state index is 11.9. The highest BCUT2D eigenvalue weighted by Gasteiger charge is 2.47. The minimum absolute atomic E-state index is 0.179. The number of esters is 1. The lowest BCUT2D eigenvalue weighted by atomic mass is 10.1. The first-order valence-corrected chi connectivity index (χ1v) is 9.91. The first kappa shape index (κ1) is 21.5. The molecule has 0 amide bonds. The molecule has 3 atom stereocenters. The van der Waals surface area contributed by atoms with Crippen molar-refractivity contribution in [1.29, 1.82) is 0 Å². The molecule has 0 spiro atoms. The van der Waals surface area contributed by atoms with Gasteiger partial charge in [0.05, 0.1) is 39.0 Å². The van der Waals surface area contributed by atoms with Gasteiger partial charge in [0.2, 0.25) is 0 Å². The molecule has 6 heteroatoms. The predicted octanol–water partition coefficient (Wildman–Crippen LogP) is 3.22. The van der Waals surface area contributed by atoms with Crippen LogP contribution in [-0.4, -0.2) is 42.3 Å². The fourth-order valence-electron chi connectivity index (χ4n) is 3.36. The van der Waals surface area contributed by atoms with Crippen LogP contribution in [0.1, 0.15) is 30.9 Å². The summed E-state index contributed by atoms with van der Waals surface area (Å²) in [4.78, 5) is 11.9. The Balaban J connectivity index is 1.59. The first-order chi connectivity index (χ1) is 14.1. The Morgan fingerprint density at radius 3 is 2.31 bits per heavy atom. The summed E-state index contributed by atoms with van der Waals surface area (Å²) in [5.74, 6) is -2.11. The molecule has 3 rings (SSSR count). The van der Waals surface area contributed by atoms with E-state index in [0.717, 1.165) is 11.1 Å². The van der Waals surface area contributed by atoms with E-state index in [4.69, 9.17) is 18.9 Å². The third kappa shape index (κ3) is 6.65. The summed E-state index contributed by atoms with van der Waals surface area (Å²) in [6, 6.07) is 19.6. The van der Waals surface area contributed by atoms with Crippen molar-refractivity contribution in [3.05, 3.63) is 71.8 Å². The van der Waals surface area contributed by atoms with Gasteiger partial charge in [-0.2, -0.15) is 0 Å². The average molecular weight is 400 g/mol. The fraction of sp³-hybridized carbons (Fsp3) is 0.435. The molecule has 0 unspecified atom stereocenters. The average Bonchev–Trinajstić information content (AvgIpc) is 3.03. The number of hydrogen-bond acceptors (Lipinski definition) is 6. The molecule has 156 valence electrons. The lowest BCUT2D eigenvalue weighted by Crippen LogP contribution is -2.33. The lowest BCUT2D eigenvalue weighted by Gasteiger charge is -2.22. The molecule has 29 heavy (non-hydrogen) atoms. The molecule has 0 radical (unpaired) electrons. The van der Waals surface area contributed by atoms with Gasteiger partial charge in [0.25, 0.3) is 0 Å². The summed E-state index contributed by atoms with van der Waals surface area (Å²) in [5, 5.41) is 10.8. The van der Waals surface area contributed by atoms with Gasteiger partial charge in [0, 0.05) is 6.42 Å². The summed E-state index contributed by atoms with van der Waals surface area (Å²) in [6.45, 7) is 3.05. The molecule has 6 nitrogen and oxygen atoms in total. The summed E-state index contributed by atoms with van der Waals surface area (Å²) >= 11 is 0. The highest BCUT2D eigenvalue weighted by atomic mass is 16.7. The number of carbonyl (C=O) groups is 1. The molecule has 1 aliphatic rings. The van der Waals surface area contributed by atoms with Crippen molar-refractivity contribution in [3.8, 4) is 0 Å². The van der Waals surface area contributed by atoms with Crippen LogP contribution in [0.4, 0.5) is 0 Å². The number of aliphatic hydroxyl groups is 1. The van der Waals surface area contributed by atoms with E-state index in [2.05, 4.69) is 0 Å². The third-order valence-corrected chi connectivity index (χ3v) is 4.73. The molecule has 1 saturated heterocycles. The number of benzene rings is 2. The number of carbonyl (C=O) groups excluding carboxylic acids is 1.